The topological polar surface area (TPSA) is 85.6 Å². The van der Waals surface area contributed by atoms with Gasteiger partial charge in [-0.3, -0.25) is 4.79 Å². The number of hydrogen-bond acceptors (Lipinski definition) is 6. The predicted molar refractivity (Wildman–Crippen MR) is 113 cm³/mol. The molecule has 2 heterocycles. The van der Waals surface area contributed by atoms with E-state index in [0.29, 0.717) is 11.6 Å². The molecule has 0 aliphatic carbocycles. The van der Waals surface area contributed by atoms with Gasteiger partial charge in [-0.25, -0.2) is 9.67 Å². The van der Waals surface area contributed by atoms with Crippen molar-refractivity contribution < 1.29 is 4.79 Å². The molecule has 0 bridgehead atoms. The van der Waals surface area contributed by atoms with Crippen molar-refractivity contribution >= 4 is 34.0 Å². The zero-order valence-electron chi connectivity index (χ0n) is 15.5. The number of nitrogens with one attached hydrogen (secondary N) is 1. The van der Waals surface area contributed by atoms with E-state index in [2.05, 4.69) is 25.8 Å². The maximum atomic E-state index is 12.4. The lowest BCUT2D eigenvalue weighted by atomic mass is 10.1. The number of rotatable bonds is 6. The monoisotopic (exact) mass is 424 g/mol. The first-order chi connectivity index (χ1) is 14.1. The Labute approximate surface area is 176 Å². The smallest absolute Gasteiger partial charge is 0.230 e. The van der Waals surface area contributed by atoms with Crippen LogP contribution >= 0.6 is 22.9 Å². The molecule has 4 aromatic rings. The molecule has 0 saturated carbocycles. The molecule has 2 aromatic carbocycles. The van der Waals surface area contributed by atoms with Crippen molar-refractivity contribution in [1.82, 2.24) is 25.2 Å². The van der Waals surface area contributed by atoms with Gasteiger partial charge in [0.15, 0.2) is 5.13 Å². The molecule has 0 spiro atoms. The van der Waals surface area contributed by atoms with Gasteiger partial charge in [0.1, 0.15) is 6.33 Å². The van der Waals surface area contributed by atoms with Crippen LogP contribution in [0, 0.1) is 6.92 Å². The van der Waals surface area contributed by atoms with Gasteiger partial charge >= 0.3 is 0 Å². The third-order valence-electron chi connectivity index (χ3n) is 4.36. The van der Waals surface area contributed by atoms with Crippen molar-refractivity contribution in [2.24, 2.45) is 0 Å². The summed E-state index contributed by atoms with van der Waals surface area (Å²) in [5, 5.41) is 15.3. The van der Waals surface area contributed by atoms with E-state index in [1.54, 1.807) is 4.68 Å². The van der Waals surface area contributed by atoms with Gasteiger partial charge < -0.3 is 5.32 Å². The summed E-state index contributed by atoms with van der Waals surface area (Å²) in [5.41, 5.74) is 3.67. The van der Waals surface area contributed by atoms with Crippen LogP contribution in [0.1, 0.15) is 21.7 Å². The van der Waals surface area contributed by atoms with E-state index < -0.39 is 0 Å². The minimum Gasteiger partial charge on any atom is -0.302 e. The number of tetrazole rings is 1. The molecule has 7 nitrogen and oxygen atoms in total. The van der Waals surface area contributed by atoms with Gasteiger partial charge in [-0.05, 0) is 46.7 Å². The van der Waals surface area contributed by atoms with E-state index in [0.717, 1.165) is 32.4 Å². The summed E-state index contributed by atoms with van der Waals surface area (Å²) in [6.45, 7) is 1.94. The number of halogens is 1. The molecule has 4 rings (SSSR count). The number of anilines is 1. The van der Waals surface area contributed by atoms with Gasteiger partial charge in [0, 0.05) is 16.3 Å². The molecule has 0 saturated heterocycles. The van der Waals surface area contributed by atoms with Gasteiger partial charge in [0.2, 0.25) is 5.91 Å². The maximum Gasteiger partial charge on any atom is 0.230 e. The van der Waals surface area contributed by atoms with Crippen LogP contribution in [0.3, 0.4) is 0 Å². The Balaban J connectivity index is 1.39. The minimum atomic E-state index is -0.113. The number of thiazole rings is 1. The fraction of sp³-hybridized carbons (Fsp3) is 0.150. The zero-order valence-corrected chi connectivity index (χ0v) is 17.1. The lowest BCUT2D eigenvalue weighted by Crippen LogP contribution is -2.14. The van der Waals surface area contributed by atoms with Crippen molar-refractivity contribution in [3.63, 3.8) is 0 Å². The molecule has 0 fully saturated rings. The molecule has 0 radical (unpaired) electrons. The Kier molecular flexibility index (Phi) is 5.64. The Morgan fingerprint density at radius 1 is 1.17 bits per heavy atom. The summed E-state index contributed by atoms with van der Waals surface area (Å²) in [6.07, 6.45) is 2.47. The Hall–Kier alpha value is -3.10. The van der Waals surface area contributed by atoms with Crippen LogP contribution in [0.4, 0.5) is 5.13 Å². The summed E-state index contributed by atoms with van der Waals surface area (Å²) in [6, 6.07) is 15.2. The van der Waals surface area contributed by atoms with Gasteiger partial charge in [-0.2, -0.15) is 0 Å². The Morgan fingerprint density at radius 3 is 2.69 bits per heavy atom. The molecule has 0 atom stereocenters. The lowest BCUT2D eigenvalue weighted by molar-refractivity contribution is -0.115. The van der Waals surface area contributed by atoms with E-state index in [4.69, 9.17) is 11.6 Å². The summed E-state index contributed by atoms with van der Waals surface area (Å²) >= 11 is 7.73. The molecule has 0 aliphatic heterocycles. The molecular weight excluding hydrogens is 408 g/mol. The SMILES string of the molecule is Cc1nc(NC(=O)Cc2ccc(-n3cnnn3)cc2)sc1Cc1ccccc1Cl. The van der Waals surface area contributed by atoms with Crippen molar-refractivity contribution in [3.8, 4) is 5.69 Å². The van der Waals surface area contributed by atoms with Crippen LogP contribution < -0.4 is 5.32 Å². The van der Waals surface area contributed by atoms with Crippen molar-refractivity contribution in [3.05, 3.63) is 81.6 Å². The lowest BCUT2D eigenvalue weighted by Gasteiger charge is -2.04. The molecule has 1 N–H and O–H groups in total. The van der Waals surface area contributed by atoms with Crippen molar-refractivity contribution in [1.29, 1.82) is 0 Å². The largest absolute Gasteiger partial charge is 0.302 e. The number of aromatic nitrogens is 5. The molecule has 2 aromatic heterocycles. The quantitative estimate of drug-likeness (QED) is 0.508. The van der Waals surface area contributed by atoms with Crippen LogP contribution in [0.25, 0.3) is 5.69 Å². The van der Waals surface area contributed by atoms with Crippen molar-refractivity contribution in [2.75, 3.05) is 5.32 Å². The molecule has 9 heteroatoms. The first kappa shape index (κ1) is 19.2. The molecular formula is C20H17ClN6OS. The highest BCUT2D eigenvalue weighted by atomic mass is 35.5. The van der Waals surface area contributed by atoms with E-state index in [1.165, 1.54) is 17.7 Å². The third-order valence-corrected chi connectivity index (χ3v) is 5.80. The van der Waals surface area contributed by atoms with Crippen LogP contribution in [0.2, 0.25) is 5.02 Å². The molecule has 1 amide bonds. The molecule has 29 heavy (non-hydrogen) atoms. The number of hydrogen-bond donors (Lipinski definition) is 1. The highest BCUT2D eigenvalue weighted by Crippen LogP contribution is 2.27. The summed E-state index contributed by atoms with van der Waals surface area (Å²) in [5.74, 6) is -0.113. The van der Waals surface area contributed by atoms with Gasteiger partial charge in [-0.1, -0.05) is 41.9 Å². The summed E-state index contributed by atoms with van der Waals surface area (Å²) < 4.78 is 1.56. The fourth-order valence-corrected chi connectivity index (χ4v) is 4.06. The predicted octanol–water partition coefficient (Wildman–Crippen LogP) is 3.85. The highest BCUT2D eigenvalue weighted by Gasteiger charge is 2.13. The second kappa shape index (κ2) is 8.50. The normalized spacial score (nSPS) is 10.8. The standard InChI is InChI=1S/C20H17ClN6OS/c1-13-18(11-15-4-2-3-5-17(15)21)29-20(23-13)24-19(28)10-14-6-8-16(9-7-14)27-12-22-25-26-27/h2-9,12H,10-11H2,1H3,(H,23,24,28). The van der Waals surface area contributed by atoms with E-state index in [9.17, 15) is 4.79 Å². The Bertz CT molecular complexity index is 1120. The second-order valence-corrected chi connectivity index (χ2v) is 7.93. The van der Waals surface area contributed by atoms with Crippen LogP contribution in [-0.2, 0) is 17.6 Å². The third kappa shape index (κ3) is 4.67. The number of carbonyl (C=O) groups is 1. The number of nitrogens with zero attached hydrogens (tertiary/aromatic N) is 5. The van der Waals surface area contributed by atoms with Gasteiger partial charge in [-0.15, -0.1) is 16.4 Å². The maximum absolute atomic E-state index is 12.4. The molecule has 0 aliphatic rings. The van der Waals surface area contributed by atoms with E-state index in [-0.39, 0.29) is 12.3 Å². The van der Waals surface area contributed by atoms with Crippen LogP contribution in [0.15, 0.2) is 54.9 Å². The zero-order chi connectivity index (χ0) is 20.2. The first-order valence-corrected chi connectivity index (χ1v) is 10.1. The number of amides is 1. The van der Waals surface area contributed by atoms with Gasteiger partial charge in [0.25, 0.3) is 0 Å². The average Bonchev–Trinajstić information content (AvgIpc) is 3.35. The molecule has 0 unspecified atom stereocenters. The Morgan fingerprint density at radius 2 is 1.97 bits per heavy atom. The highest BCUT2D eigenvalue weighted by molar-refractivity contribution is 7.15. The van der Waals surface area contributed by atoms with Crippen LogP contribution in [-0.4, -0.2) is 31.1 Å². The first-order valence-electron chi connectivity index (χ1n) is 8.90. The fourth-order valence-electron chi connectivity index (χ4n) is 2.86. The summed E-state index contributed by atoms with van der Waals surface area (Å²) in [4.78, 5) is 18.0. The number of benzene rings is 2. The van der Waals surface area contributed by atoms with E-state index >= 15 is 0 Å². The second-order valence-electron chi connectivity index (χ2n) is 6.44. The minimum absolute atomic E-state index is 0.113. The number of carbonyl (C=O) groups excluding carboxylic acids is 1. The molecule has 146 valence electrons. The van der Waals surface area contributed by atoms with Gasteiger partial charge in [0.05, 0.1) is 17.8 Å². The van der Waals surface area contributed by atoms with E-state index in [1.807, 2.05) is 55.5 Å². The average molecular weight is 425 g/mol. The van der Waals surface area contributed by atoms with Crippen molar-refractivity contribution in [2.45, 2.75) is 19.8 Å². The number of aryl methyl sites for hydroxylation is 1. The van der Waals surface area contributed by atoms with Crippen LogP contribution in [0.5, 0.6) is 0 Å². The summed E-state index contributed by atoms with van der Waals surface area (Å²) in [7, 11) is 0.